The zero-order valence-electron chi connectivity index (χ0n) is 8.72. The van der Waals surface area contributed by atoms with Crippen molar-refractivity contribution in [2.24, 2.45) is 0 Å². The SMILES string of the molecule is O=C(O)[C@H](CNC(=O)C(F)(F)F)NC(=O)C(F)(F)F. The van der Waals surface area contributed by atoms with Crippen molar-refractivity contribution in [1.82, 2.24) is 10.6 Å². The van der Waals surface area contributed by atoms with Gasteiger partial charge in [0.15, 0.2) is 0 Å². The summed E-state index contributed by atoms with van der Waals surface area (Å²) in [7, 11) is 0. The molecule has 0 aromatic heterocycles. The summed E-state index contributed by atoms with van der Waals surface area (Å²) >= 11 is 0. The van der Waals surface area contributed by atoms with Crippen LogP contribution in [0.25, 0.3) is 0 Å². The highest BCUT2D eigenvalue weighted by Crippen LogP contribution is 2.15. The Kier molecular flexibility index (Phi) is 5.14. The lowest BCUT2D eigenvalue weighted by Gasteiger charge is -2.16. The van der Waals surface area contributed by atoms with Gasteiger partial charge in [0.1, 0.15) is 6.04 Å². The number of carboxylic acids is 1. The van der Waals surface area contributed by atoms with E-state index in [9.17, 15) is 40.7 Å². The first-order valence-corrected chi connectivity index (χ1v) is 4.31. The molecule has 2 amide bonds. The Bertz CT molecular complexity index is 377. The molecule has 0 aliphatic heterocycles. The van der Waals surface area contributed by atoms with Gasteiger partial charge >= 0.3 is 30.1 Å². The molecule has 0 fully saturated rings. The molecule has 0 rings (SSSR count). The third-order valence-corrected chi connectivity index (χ3v) is 1.59. The lowest BCUT2D eigenvalue weighted by Crippen LogP contribution is -2.53. The quantitative estimate of drug-likeness (QED) is 0.626. The second kappa shape index (κ2) is 5.75. The Labute approximate surface area is 100 Å². The van der Waals surface area contributed by atoms with Crippen molar-refractivity contribution >= 4 is 17.8 Å². The Hall–Kier alpha value is -2.01. The Morgan fingerprint density at radius 1 is 0.947 bits per heavy atom. The lowest BCUT2D eigenvalue weighted by atomic mass is 10.3. The topological polar surface area (TPSA) is 95.5 Å². The molecular formula is C7H6F6N2O4. The zero-order chi connectivity index (χ0) is 15.4. The van der Waals surface area contributed by atoms with E-state index >= 15 is 0 Å². The van der Waals surface area contributed by atoms with Gasteiger partial charge in [-0.2, -0.15) is 26.3 Å². The maximum atomic E-state index is 11.8. The first kappa shape index (κ1) is 17.0. The van der Waals surface area contributed by atoms with Crippen LogP contribution in [-0.4, -0.2) is 47.8 Å². The number of hydrogen-bond acceptors (Lipinski definition) is 3. The number of halogens is 6. The van der Waals surface area contributed by atoms with Crippen LogP contribution in [0, 0.1) is 0 Å². The maximum absolute atomic E-state index is 11.8. The minimum absolute atomic E-state index is 0.918. The molecule has 0 saturated heterocycles. The van der Waals surface area contributed by atoms with Crippen LogP contribution in [0.15, 0.2) is 0 Å². The van der Waals surface area contributed by atoms with Crippen molar-refractivity contribution in [3.8, 4) is 0 Å². The van der Waals surface area contributed by atoms with Gasteiger partial charge in [-0.1, -0.05) is 0 Å². The highest BCUT2D eigenvalue weighted by molar-refractivity contribution is 5.88. The van der Waals surface area contributed by atoms with Crippen LogP contribution in [0.1, 0.15) is 0 Å². The third-order valence-electron chi connectivity index (χ3n) is 1.59. The summed E-state index contributed by atoms with van der Waals surface area (Å²) < 4.78 is 70.5. The predicted molar refractivity (Wildman–Crippen MR) is 44.7 cm³/mol. The molecule has 0 aliphatic carbocycles. The maximum Gasteiger partial charge on any atom is 0.471 e. The number of carboxylic acid groups (broad SMARTS) is 1. The largest absolute Gasteiger partial charge is 0.480 e. The van der Waals surface area contributed by atoms with Gasteiger partial charge in [-0.15, -0.1) is 0 Å². The van der Waals surface area contributed by atoms with Crippen LogP contribution >= 0.6 is 0 Å². The number of carbonyl (C=O) groups is 3. The monoisotopic (exact) mass is 296 g/mol. The Morgan fingerprint density at radius 3 is 1.68 bits per heavy atom. The molecule has 0 radical (unpaired) electrons. The number of nitrogens with one attached hydrogen (secondary N) is 2. The van der Waals surface area contributed by atoms with Gasteiger partial charge in [0.05, 0.1) is 0 Å². The van der Waals surface area contributed by atoms with E-state index in [0.29, 0.717) is 0 Å². The molecule has 0 heterocycles. The van der Waals surface area contributed by atoms with Crippen molar-refractivity contribution in [2.45, 2.75) is 18.4 Å². The van der Waals surface area contributed by atoms with Crippen LogP contribution < -0.4 is 10.6 Å². The fraction of sp³-hybridized carbons (Fsp3) is 0.571. The molecule has 110 valence electrons. The summed E-state index contributed by atoms with van der Waals surface area (Å²) in [5.41, 5.74) is 0. The summed E-state index contributed by atoms with van der Waals surface area (Å²) in [6.45, 7) is -1.35. The summed E-state index contributed by atoms with van der Waals surface area (Å²) in [5, 5.41) is 10.3. The molecule has 12 heteroatoms. The van der Waals surface area contributed by atoms with Crippen molar-refractivity contribution < 1.29 is 45.8 Å². The van der Waals surface area contributed by atoms with Gasteiger partial charge in [0.25, 0.3) is 0 Å². The molecular weight excluding hydrogens is 290 g/mol. The molecule has 6 nitrogen and oxygen atoms in total. The van der Waals surface area contributed by atoms with E-state index in [0.717, 1.165) is 10.6 Å². The average molecular weight is 296 g/mol. The smallest absolute Gasteiger partial charge is 0.471 e. The number of carbonyl (C=O) groups excluding carboxylic acids is 2. The highest BCUT2D eigenvalue weighted by Gasteiger charge is 2.42. The second-order valence-electron chi connectivity index (χ2n) is 3.07. The van der Waals surface area contributed by atoms with E-state index in [1.807, 2.05) is 0 Å². The van der Waals surface area contributed by atoms with Crippen LogP contribution in [0.3, 0.4) is 0 Å². The van der Waals surface area contributed by atoms with Gasteiger partial charge in [-0.25, -0.2) is 4.79 Å². The normalized spacial score (nSPS) is 13.6. The molecule has 0 aromatic carbocycles. The minimum Gasteiger partial charge on any atom is -0.480 e. The van der Waals surface area contributed by atoms with E-state index < -0.39 is 42.7 Å². The number of amides is 2. The first-order chi connectivity index (χ1) is 8.35. The fourth-order valence-corrected chi connectivity index (χ4v) is 0.735. The van der Waals surface area contributed by atoms with Crippen molar-refractivity contribution in [3.05, 3.63) is 0 Å². The van der Waals surface area contributed by atoms with Gasteiger partial charge in [0, 0.05) is 6.54 Å². The van der Waals surface area contributed by atoms with Crippen LogP contribution in [0.5, 0.6) is 0 Å². The fourth-order valence-electron chi connectivity index (χ4n) is 0.735. The molecule has 0 bridgehead atoms. The Balaban J connectivity index is 4.58. The third kappa shape index (κ3) is 5.92. The zero-order valence-corrected chi connectivity index (χ0v) is 8.72. The number of rotatable bonds is 4. The van der Waals surface area contributed by atoms with Crippen molar-refractivity contribution in [3.63, 3.8) is 0 Å². The molecule has 0 aromatic rings. The molecule has 19 heavy (non-hydrogen) atoms. The predicted octanol–water partition coefficient (Wildman–Crippen LogP) is -0.203. The summed E-state index contributed by atoms with van der Waals surface area (Å²) in [4.78, 5) is 31.1. The number of aliphatic carboxylic acids is 1. The van der Waals surface area contributed by atoms with E-state index in [2.05, 4.69) is 0 Å². The standard InChI is InChI=1S/C7H6F6N2O4/c8-6(9,10)4(18)14-1-2(3(16)17)15-5(19)7(11,12)13/h2H,1H2,(H,14,18)(H,15,19)(H,16,17)/t2-/m0/s1. The Morgan fingerprint density at radius 2 is 1.37 bits per heavy atom. The average Bonchev–Trinajstić information content (AvgIpc) is 2.19. The highest BCUT2D eigenvalue weighted by atomic mass is 19.4. The second-order valence-corrected chi connectivity index (χ2v) is 3.07. The van der Waals surface area contributed by atoms with E-state index in [1.165, 1.54) is 0 Å². The molecule has 0 saturated carbocycles. The lowest BCUT2D eigenvalue weighted by molar-refractivity contribution is -0.176. The van der Waals surface area contributed by atoms with Gasteiger partial charge < -0.3 is 15.7 Å². The molecule has 0 spiro atoms. The van der Waals surface area contributed by atoms with Gasteiger partial charge in [-0.05, 0) is 0 Å². The molecule has 0 unspecified atom stereocenters. The van der Waals surface area contributed by atoms with Crippen molar-refractivity contribution in [1.29, 1.82) is 0 Å². The summed E-state index contributed by atoms with van der Waals surface area (Å²) in [5.74, 6) is -7.23. The van der Waals surface area contributed by atoms with E-state index in [4.69, 9.17) is 5.11 Å². The van der Waals surface area contributed by atoms with Crippen molar-refractivity contribution in [2.75, 3.05) is 6.54 Å². The number of hydrogen-bond donors (Lipinski definition) is 3. The molecule has 0 aliphatic rings. The van der Waals surface area contributed by atoms with Gasteiger partial charge in [0.2, 0.25) is 0 Å². The minimum atomic E-state index is -5.40. The van der Waals surface area contributed by atoms with Crippen LogP contribution in [0.2, 0.25) is 0 Å². The summed E-state index contributed by atoms with van der Waals surface area (Å²) in [6.07, 6.45) is -10.7. The van der Waals surface area contributed by atoms with E-state index in [1.54, 1.807) is 0 Å². The molecule has 3 N–H and O–H groups in total. The van der Waals surface area contributed by atoms with E-state index in [-0.39, 0.29) is 0 Å². The summed E-state index contributed by atoms with van der Waals surface area (Å²) in [6, 6.07) is -2.35. The van der Waals surface area contributed by atoms with Gasteiger partial charge in [-0.3, -0.25) is 9.59 Å². The van der Waals surface area contributed by atoms with Crippen LogP contribution in [-0.2, 0) is 14.4 Å². The molecule has 1 atom stereocenters. The first-order valence-electron chi connectivity index (χ1n) is 4.31. The number of alkyl halides is 6. The van der Waals surface area contributed by atoms with Crippen LogP contribution in [0.4, 0.5) is 26.3 Å².